The number of carbonyl (C=O) groups is 1. The first-order chi connectivity index (χ1) is 14.9. The fraction of sp³-hybridized carbons (Fsp3) is 0.385. The number of nitrogens with zero attached hydrogens (tertiary/aromatic N) is 2. The first-order valence-electron chi connectivity index (χ1n) is 10.8. The molecule has 2 aromatic rings. The molecule has 0 amide bonds. The van der Waals surface area contributed by atoms with E-state index in [1.54, 1.807) is 13.0 Å². The second-order valence-corrected chi connectivity index (χ2v) is 8.48. The predicted molar refractivity (Wildman–Crippen MR) is 127 cm³/mol. The number of Topliss-reactive ketones (excluding diaryl/α,β-unsaturated/α-hetero) is 1. The maximum atomic E-state index is 12.7. The van der Waals surface area contributed by atoms with Gasteiger partial charge in [0.1, 0.15) is 18.1 Å². The van der Waals surface area contributed by atoms with Gasteiger partial charge in [-0.15, -0.1) is 0 Å². The summed E-state index contributed by atoms with van der Waals surface area (Å²) in [6.07, 6.45) is 6.11. The molecule has 0 radical (unpaired) electrons. The lowest BCUT2D eigenvalue weighted by Crippen LogP contribution is -2.41. The first kappa shape index (κ1) is 22.8. The monoisotopic (exact) mass is 419 g/mol. The molecule has 0 unspecified atom stereocenters. The van der Waals surface area contributed by atoms with Crippen LogP contribution in [0.2, 0.25) is 0 Å². The molecule has 1 fully saturated rings. The van der Waals surface area contributed by atoms with Crippen molar-refractivity contribution in [3.8, 4) is 5.75 Å². The molecular formula is C26H33N3O2. The molecule has 2 aromatic carbocycles. The Bertz CT molecular complexity index is 974. The summed E-state index contributed by atoms with van der Waals surface area (Å²) in [4.78, 5) is 19.6. The molecule has 0 aromatic heterocycles. The van der Waals surface area contributed by atoms with Crippen LogP contribution in [0, 0.1) is 6.92 Å². The molecule has 5 heteroatoms. The van der Waals surface area contributed by atoms with Gasteiger partial charge in [0.2, 0.25) is 0 Å². The van der Waals surface area contributed by atoms with Crippen molar-refractivity contribution >= 4 is 17.2 Å². The number of benzene rings is 2. The van der Waals surface area contributed by atoms with Crippen LogP contribution in [0.5, 0.6) is 5.75 Å². The number of hydrogen-bond donors (Lipinski definition) is 1. The normalized spacial score (nSPS) is 15.8. The molecule has 5 nitrogen and oxygen atoms in total. The number of rotatable bonds is 9. The molecule has 1 saturated carbocycles. The molecule has 0 bridgehead atoms. The van der Waals surface area contributed by atoms with Crippen molar-refractivity contribution in [1.82, 2.24) is 4.90 Å². The van der Waals surface area contributed by atoms with Gasteiger partial charge in [-0.3, -0.25) is 4.79 Å². The van der Waals surface area contributed by atoms with Crippen molar-refractivity contribution in [1.29, 1.82) is 0 Å². The maximum Gasteiger partial charge on any atom is 0.140 e. The Labute approximate surface area is 185 Å². The number of ketones is 1. The number of hydrogen-bond acceptors (Lipinski definition) is 5. The molecule has 31 heavy (non-hydrogen) atoms. The quantitative estimate of drug-likeness (QED) is 0.606. The van der Waals surface area contributed by atoms with Crippen LogP contribution in [0.4, 0.5) is 5.69 Å². The minimum atomic E-state index is -0.427. The molecular weight excluding hydrogens is 386 g/mol. The molecule has 1 aliphatic carbocycles. The van der Waals surface area contributed by atoms with E-state index < -0.39 is 5.41 Å². The van der Waals surface area contributed by atoms with Crippen molar-refractivity contribution in [2.24, 2.45) is 10.7 Å². The van der Waals surface area contributed by atoms with Gasteiger partial charge in [-0.2, -0.15) is 0 Å². The first-order valence-corrected chi connectivity index (χ1v) is 10.8. The van der Waals surface area contributed by atoms with Gasteiger partial charge in [-0.05, 0) is 88.5 Å². The number of allylic oxidation sites excluding steroid dienone is 1. The van der Waals surface area contributed by atoms with Gasteiger partial charge >= 0.3 is 0 Å². The summed E-state index contributed by atoms with van der Waals surface area (Å²) < 4.78 is 6.19. The van der Waals surface area contributed by atoms with E-state index in [2.05, 4.69) is 17.9 Å². The minimum Gasteiger partial charge on any atom is -0.492 e. The third-order valence-electron chi connectivity index (χ3n) is 6.11. The summed E-state index contributed by atoms with van der Waals surface area (Å²) in [5.41, 5.74) is 9.91. The van der Waals surface area contributed by atoms with Crippen LogP contribution in [-0.4, -0.2) is 43.6 Å². The Morgan fingerprint density at radius 1 is 1.23 bits per heavy atom. The fourth-order valence-corrected chi connectivity index (χ4v) is 4.09. The second-order valence-electron chi connectivity index (χ2n) is 8.48. The number of nitrogens with two attached hydrogens (primary N) is 1. The van der Waals surface area contributed by atoms with Gasteiger partial charge in [0.25, 0.3) is 0 Å². The highest BCUT2D eigenvalue weighted by molar-refractivity contribution is 6.10. The highest BCUT2D eigenvalue weighted by Crippen LogP contribution is 2.47. The van der Waals surface area contributed by atoms with Gasteiger partial charge in [0.15, 0.2) is 0 Å². The molecule has 0 aliphatic heterocycles. The Morgan fingerprint density at radius 3 is 2.48 bits per heavy atom. The summed E-state index contributed by atoms with van der Waals surface area (Å²) in [5.74, 6) is 1.02. The zero-order valence-corrected chi connectivity index (χ0v) is 19.0. The van der Waals surface area contributed by atoms with E-state index in [0.29, 0.717) is 6.61 Å². The standard InChI is InChI=1S/C26H33N3O2/c1-19-23(26(20(2)30)12-8-13-26)17-21(18-25(19)31-16-15-29(3)4)24(11-14-27)28-22-9-6-5-7-10-22/h5-7,9-11,14,17-18H,8,12-13,15-16,27H2,1-4H3. The highest BCUT2D eigenvalue weighted by atomic mass is 16.5. The fourth-order valence-electron chi connectivity index (χ4n) is 4.09. The second kappa shape index (κ2) is 9.92. The molecule has 1 aliphatic rings. The molecule has 0 heterocycles. The summed E-state index contributed by atoms with van der Waals surface area (Å²) in [6, 6.07) is 13.9. The van der Waals surface area contributed by atoms with Crippen LogP contribution >= 0.6 is 0 Å². The lowest BCUT2D eigenvalue weighted by atomic mass is 9.61. The number of aliphatic imine (C=N–C) groups is 1. The number of carbonyl (C=O) groups excluding carboxylic acids is 1. The molecule has 164 valence electrons. The predicted octanol–water partition coefficient (Wildman–Crippen LogP) is 4.54. The van der Waals surface area contributed by atoms with Crippen LogP contribution in [-0.2, 0) is 10.2 Å². The lowest BCUT2D eigenvalue weighted by molar-refractivity contribution is -0.125. The van der Waals surface area contributed by atoms with Crippen LogP contribution in [0.1, 0.15) is 42.9 Å². The van der Waals surface area contributed by atoms with Gasteiger partial charge in [-0.1, -0.05) is 24.6 Å². The molecule has 0 saturated heterocycles. The highest BCUT2D eigenvalue weighted by Gasteiger charge is 2.44. The smallest absolute Gasteiger partial charge is 0.140 e. The van der Waals surface area contributed by atoms with E-state index in [-0.39, 0.29) is 5.78 Å². The van der Waals surface area contributed by atoms with Gasteiger partial charge in [-0.25, -0.2) is 4.99 Å². The Morgan fingerprint density at radius 2 is 1.94 bits per heavy atom. The van der Waals surface area contributed by atoms with E-state index in [0.717, 1.165) is 59.6 Å². The Hall–Kier alpha value is -2.92. The van der Waals surface area contributed by atoms with Crippen molar-refractivity contribution < 1.29 is 9.53 Å². The third-order valence-corrected chi connectivity index (χ3v) is 6.11. The summed E-state index contributed by atoms with van der Waals surface area (Å²) in [6.45, 7) is 5.14. The average Bonchev–Trinajstić information content (AvgIpc) is 2.69. The third kappa shape index (κ3) is 5.05. The van der Waals surface area contributed by atoms with Crippen molar-refractivity contribution in [2.75, 3.05) is 27.2 Å². The number of likely N-dealkylation sites (N-methyl/N-ethyl adjacent to an activating group) is 1. The van der Waals surface area contributed by atoms with E-state index in [1.807, 2.05) is 50.5 Å². The van der Waals surface area contributed by atoms with Crippen molar-refractivity contribution in [2.45, 2.75) is 38.5 Å². The Kier molecular flexibility index (Phi) is 7.29. The van der Waals surface area contributed by atoms with Crippen molar-refractivity contribution in [3.05, 3.63) is 71.4 Å². The topological polar surface area (TPSA) is 67.9 Å². The van der Waals surface area contributed by atoms with E-state index in [4.69, 9.17) is 15.5 Å². The molecule has 3 rings (SSSR count). The van der Waals surface area contributed by atoms with Gasteiger partial charge < -0.3 is 15.4 Å². The van der Waals surface area contributed by atoms with Crippen molar-refractivity contribution in [3.63, 3.8) is 0 Å². The lowest BCUT2D eigenvalue weighted by Gasteiger charge is -2.41. The Balaban J connectivity index is 2.13. The van der Waals surface area contributed by atoms with Gasteiger partial charge in [0.05, 0.1) is 16.8 Å². The largest absolute Gasteiger partial charge is 0.492 e. The van der Waals surface area contributed by atoms with E-state index >= 15 is 0 Å². The summed E-state index contributed by atoms with van der Waals surface area (Å²) in [5, 5.41) is 0. The molecule has 0 spiro atoms. The zero-order chi connectivity index (χ0) is 22.4. The van der Waals surface area contributed by atoms with E-state index in [9.17, 15) is 4.79 Å². The maximum absolute atomic E-state index is 12.7. The number of para-hydroxylation sites is 1. The zero-order valence-electron chi connectivity index (χ0n) is 19.0. The minimum absolute atomic E-state index is 0.217. The number of ether oxygens (including phenoxy) is 1. The van der Waals surface area contributed by atoms with Gasteiger partial charge in [0, 0.05) is 12.1 Å². The van der Waals surface area contributed by atoms with Crippen LogP contribution < -0.4 is 10.5 Å². The summed E-state index contributed by atoms with van der Waals surface area (Å²) >= 11 is 0. The molecule has 0 atom stereocenters. The molecule has 2 N–H and O–H groups in total. The average molecular weight is 420 g/mol. The SMILES string of the molecule is CC(=O)C1(c2cc(C(C=CN)=Nc3ccccc3)cc(OCCN(C)C)c2C)CCC1. The summed E-state index contributed by atoms with van der Waals surface area (Å²) in [7, 11) is 4.04. The van der Waals surface area contributed by atoms with Crippen LogP contribution in [0.15, 0.2) is 59.7 Å². The van der Waals surface area contributed by atoms with Crippen LogP contribution in [0.25, 0.3) is 0 Å². The van der Waals surface area contributed by atoms with Crippen LogP contribution in [0.3, 0.4) is 0 Å². The van der Waals surface area contributed by atoms with E-state index in [1.165, 1.54) is 6.20 Å².